The van der Waals surface area contributed by atoms with E-state index in [2.05, 4.69) is 14.7 Å². The zero-order valence-corrected chi connectivity index (χ0v) is 6.11. The lowest BCUT2D eigenvalue weighted by molar-refractivity contribution is 0.512. The molecule has 0 radical (unpaired) electrons. The summed E-state index contributed by atoms with van der Waals surface area (Å²) in [5, 5.41) is 8.28. The zero-order chi connectivity index (χ0) is 8.39. The summed E-state index contributed by atoms with van der Waals surface area (Å²) in [6.07, 6.45) is 4.87. The number of hydrogen-bond acceptors (Lipinski definition) is 3. The first-order valence-corrected chi connectivity index (χ1v) is 3.40. The average Bonchev–Trinajstić information content (AvgIpc) is 2.50. The molecular weight excluding hydrogens is 154 g/mol. The first-order chi connectivity index (χ1) is 5.92. The molecule has 2 aromatic heterocycles. The van der Waals surface area contributed by atoms with Gasteiger partial charge in [0.1, 0.15) is 5.52 Å². The summed E-state index contributed by atoms with van der Waals surface area (Å²) in [6, 6.07) is 3.68. The van der Waals surface area contributed by atoms with Gasteiger partial charge in [0.25, 0.3) is 6.26 Å². The highest BCUT2D eigenvalue weighted by atomic mass is 16.5. The molecule has 2 heterocycles. The number of rotatable bonds is 1. The van der Waals surface area contributed by atoms with Gasteiger partial charge >= 0.3 is 0 Å². The molecular formula is C8H5N3O. The van der Waals surface area contributed by atoms with Gasteiger partial charge in [0.15, 0.2) is 5.75 Å². The predicted octanol–water partition coefficient (Wildman–Crippen LogP) is 1.42. The Kier molecular flexibility index (Phi) is 1.42. The minimum atomic E-state index is 0.466. The maximum Gasteiger partial charge on any atom is 0.292 e. The molecule has 0 fully saturated rings. The van der Waals surface area contributed by atoms with Gasteiger partial charge in [-0.3, -0.25) is 4.98 Å². The monoisotopic (exact) mass is 159 g/mol. The van der Waals surface area contributed by atoms with Gasteiger partial charge in [0.05, 0.1) is 5.52 Å². The Bertz CT molecular complexity index is 441. The standard InChI is InChI=1S/C8H5N3O/c9-5-12-7-4-11-6-2-1-3-10-8(6)7/h1-4,11H. The molecule has 0 spiro atoms. The van der Waals surface area contributed by atoms with Crippen molar-refractivity contribution in [1.82, 2.24) is 9.97 Å². The summed E-state index contributed by atoms with van der Waals surface area (Å²) in [6.45, 7) is 0. The van der Waals surface area contributed by atoms with E-state index in [0.717, 1.165) is 5.52 Å². The fraction of sp³-hybridized carbons (Fsp3) is 0. The molecule has 0 unspecified atom stereocenters. The third-order valence-electron chi connectivity index (χ3n) is 1.56. The molecule has 0 amide bonds. The quantitative estimate of drug-likeness (QED) is 0.640. The van der Waals surface area contributed by atoms with Crippen LogP contribution in [0.1, 0.15) is 0 Å². The largest absolute Gasteiger partial charge is 0.384 e. The van der Waals surface area contributed by atoms with Crippen molar-refractivity contribution < 1.29 is 4.74 Å². The van der Waals surface area contributed by atoms with E-state index < -0.39 is 0 Å². The van der Waals surface area contributed by atoms with Crippen LogP contribution in [-0.4, -0.2) is 9.97 Å². The zero-order valence-electron chi connectivity index (χ0n) is 6.11. The molecule has 0 bridgehead atoms. The molecule has 0 saturated heterocycles. The van der Waals surface area contributed by atoms with Crippen LogP contribution in [0, 0.1) is 11.5 Å². The van der Waals surface area contributed by atoms with Crippen LogP contribution < -0.4 is 4.74 Å². The van der Waals surface area contributed by atoms with Gasteiger partial charge in [-0.2, -0.15) is 0 Å². The van der Waals surface area contributed by atoms with Crippen LogP contribution >= 0.6 is 0 Å². The minimum Gasteiger partial charge on any atom is -0.384 e. The molecule has 12 heavy (non-hydrogen) atoms. The summed E-state index contributed by atoms with van der Waals surface area (Å²) < 4.78 is 4.67. The second kappa shape index (κ2) is 2.55. The Morgan fingerprint density at radius 1 is 1.58 bits per heavy atom. The third-order valence-corrected chi connectivity index (χ3v) is 1.56. The van der Waals surface area contributed by atoms with Crippen LogP contribution in [0.2, 0.25) is 0 Å². The summed E-state index contributed by atoms with van der Waals surface area (Å²) >= 11 is 0. The van der Waals surface area contributed by atoms with E-state index in [1.54, 1.807) is 18.6 Å². The lowest BCUT2D eigenvalue weighted by Gasteiger charge is -1.89. The van der Waals surface area contributed by atoms with Gasteiger partial charge in [0, 0.05) is 12.4 Å². The van der Waals surface area contributed by atoms with Crippen LogP contribution in [0.15, 0.2) is 24.5 Å². The Morgan fingerprint density at radius 2 is 2.50 bits per heavy atom. The summed E-state index contributed by atoms with van der Waals surface area (Å²) in [5.41, 5.74) is 1.54. The summed E-state index contributed by atoms with van der Waals surface area (Å²) in [7, 11) is 0. The van der Waals surface area contributed by atoms with Crippen LogP contribution in [0.5, 0.6) is 5.75 Å². The van der Waals surface area contributed by atoms with Crippen molar-refractivity contribution in [3.63, 3.8) is 0 Å². The normalized spacial score (nSPS) is 9.58. The fourth-order valence-electron chi connectivity index (χ4n) is 1.06. The van der Waals surface area contributed by atoms with Gasteiger partial charge in [0.2, 0.25) is 0 Å². The van der Waals surface area contributed by atoms with Crippen molar-refractivity contribution >= 4 is 11.0 Å². The van der Waals surface area contributed by atoms with Crippen LogP contribution in [0.25, 0.3) is 11.0 Å². The van der Waals surface area contributed by atoms with Gasteiger partial charge in [-0.05, 0) is 12.1 Å². The number of pyridine rings is 1. The number of ether oxygens (including phenoxy) is 1. The van der Waals surface area contributed by atoms with E-state index in [1.165, 1.54) is 0 Å². The van der Waals surface area contributed by atoms with E-state index in [1.807, 2.05) is 12.1 Å². The van der Waals surface area contributed by atoms with Crippen molar-refractivity contribution in [2.24, 2.45) is 0 Å². The second-order valence-corrected chi connectivity index (χ2v) is 2.25. The minimum absolute atomic E-state index is 0.466. The van der Waals surface area contributed by atoms with Gasteiger partial charge in [-0.1, -0.05) is 0 Å². The molecule has 4 heteroatoms. The summed E-state index contributed by atoms with van der Waals surface area (Å²) in [4.78, 5) is 6.99. The molecule has 0 aliphatic rings. The topological polar surface area (TPSA) is 61.7 Å². The number of aromatic nitrogens is 2. The number of fused-ring (bicyclic) bond motifs is 1. The van der Waals surface area contributed by atoms with E-state index in [4.69, 9.17) is 5.26 Å². The number of H-pyrrole nitrogens is 1. The number of nitriles is 1. The van der Waals surface area contributed by atoms with Crippen molar-refractivity contribution in [3.05, 3.63) is 24.5 Å². The lowest BCUT2D eigenvalue weighted by atomic mass is 10.4. The number of nitrogens with zero attached hydrogens (tertiary/aromatic N) is 2. The Morgan fingerprint density at radius 3 is 3.33 bits per heavy atom. The molecule has 4 nitrogen and oxygen atoms in total. The van der Waals surface area contributed by atoms with Crippen molar-refractivity contribution in [2.45, 2.75) is 0 Å². The fourth-order valence-corrected chi connectivity index (χ4v) is 1.06. The molecule has 0 aliphatic heterocycles. The highest BCUT2D eigenvalue weighted by Crippen LogP contribution is 2.21. The maximum atomic E-state index is 8.28. The Balaban J connectivity index is 2.64. The number of nitrogens with one attached hydrogen (secondary N) is 1. The van der Waals surface area contributed by atoms with Crippen molar-refractivity contribution in [3.8, 4) is 12.0 Å². The van der Waals surface area contributed by atoms with Crippen LogP contribution in [0.3, 0.4) is 0 Å². The highest BCUT2D eigenvalue weighted by Gasteiger charge is 2.03. The molecule has 58 valence electrons. The number of hydrogen-bond donors (Lipinski definition) is 1. The predicted molar refractivity (Wildman–Crippen MR) is 42.3 cm³/mol. The molecule has 2 aromatic rings. The first-order valence-electron chi connectivity index (χ1n) is 3.40. The average molecular weight is 159 g/mol. The van der Waals surface area contributed by atoms with E-state index >= 15 is 0 Å². The molecule has 0 aliphatic carbocycles. The third kappa shape index (κ3) is 0.883. The Labute approximate surface area is 68.4 Å². The molecule has 0 aromatic carbocycles. The maximum absolute atomic E-state index is 8.28. The number of aromatic amines is 1. The van der Waals surface area contributed by atoms with Gasteiger partial charge < -0.3 is 9.72 Å². The molecule has 0 saturated carbocycles. The SMILES string of the molecule is N#COc1c[nH]c2cccnc12. The van der Waals surface area contributed by atoms with Gasteiger partial charge in [-0.25, -0.2) is 0 Å². The smallest absolute Gasteiger partial charge is 0.292 e. The van der Waals surface area contributed by atoms with E-state index in [9.17, 15) is 0 Å². The van der Waals surface area contributed by atoms with Gasteiger partial charge in [-0.15, -0.1) is 5.26 Å². The van der Waals surface area contributed by atoms with Crippen LogP contribution in [-0.2, 0) is 0 Å². The molecule has 1 N–H and O–H groups in total. The highest BCUT2D eigenvalue weighted by molar-refractivity contribution is 5.81. The van der Waals surface area contributed by atoms with Crippen molar-refractivity contribution in [1.29, 1.82) is 5.26 Å². The molecule has 2 rings (SSSR count). The van der Waals surface area contributed by atoms with E-state index in [0.29, 0.717) is 11.3 Å². The summed E-state index contributed by atoms with van der Waals surface area (Å²) in [5.74, 6) is 0.466. The van der Waals surface area contributed by atoms with E-state index in [-0.39, 0.29) is 0 Å². The first kappa shape index (κ1) is 6.68. The molecule has 0 atom stereocenters. The van der Waals surface area contributed by atoms with Crippen LogP contribution in [0.4, 0.5) is 0 Å². The van der Waals surface area contributed by atoms with Crippen molar-refractivity contribution in [2.75, 3.05) is 0 Å². The Hall–Kier alpha value is -2.02. The lowest BCUT2D eigenvalue weighted by Crippen LogP contribution is -1.80. The second-order valence-electron chi connectivity index (χ2n) is 2.25.